The number of hydrogen-bond donors (Lipinski definition) is 2. The molecule has 0 radical (unpaired) electrons. The Bertz CT molecular complexity index is 8590. The lowest BCUT2D eigenvalue weighted by Crippen LogP contribution is -1.97. The van der Waals surface area contributed by atoms with Crippen molar-refractivity contribution in [3.05, 3.63) is 610 Å². The van der Waals surface area contributed by atoms with Gasteiger partial charge in [-0.3, -0.25) is 0 Å². The first-order valence-electron chi connectivity index (χ1n) is 49.3. The van der Waals surface area contributed by atoms with Crippen molar-refractivity contribution in [2.45, 2.75) is 19.3 Å². The van der Waals surface area contributed by atoms with Crippen LogP contribution in [0.5, 0.6) is 0 Å². The van der Waals surface area contributed by atoms with E-state index in [0.29, 0.717) is 5.95 Å². The number of anilines is 4. The highest BCUT2D eigenvalue weighted by molar-refractivity contribution is 6.12. The summed E-state index contributed by atoms with van der Waals surface area (Å²) in [4.78, 5) is 8.87. The maximum absolute atomic E-state index is 4.43. The monoisotopic (exact) mass is 1850 g/mol. The third-order valence-corrected chi connectivity index (χ3v) is 26.6. The van der Waals surface area contributed by atoms with E-state index in [9.17, 15) is 0 Å². The third kappa shape index (κ3) is 20.5. The molecule has 22 aromatic carbocycles. The summed E-state index contributed by atoms with van der Waals surface area (Å²) in [5, 5.41) is 16.9. The van der Waals surface area contributed by atoms with Crippen molar-refractivity contribution in [3.8, 4) is 83.8 Å². The molecule has 144 heavy (non-hydrogen) atoms. The molecule has 0 fully saturated rings. The minimum Gasteiger partial charge on any atom is -0.356 e. The van der Waals surface area contributed by atoms with E-state index in [0.717, 1.165) is 52.8 Å². The molecule has 26 rings (SSSR count). The van der Waals surface area contributed by atoms with Crippen LogP contribution in [0.3, 0.4) is 0 Å². The summed E-state index contributed by atoms with van der Waals surface area (Å²) in [6.45, 7) is 0. The van der Waals surface area contributed by atoms with Gasteiger partial charge in [-0.15, -0.1) is 0 Å². The predicted octanol–water partition coefficient (Wildman–Crippen LogP) is 35.9. The van der Waals surface area contributed by atoms with Gasteiger partial charge < -0.3 is 24.3 Å². The molecule has 0 spiro atoms. The van der Waals surface area contributed by atoms with E-state index < -0.39 is 0 Å². The number of fused-ring (bicyclic) bond motifs is 10. The highest BCUT2D eigenvalue weighted by atomic mass is 15.1. The zero-order valence-corrected chi connectivity index (χ0v) is 79.7. The lowest BCUT2D eigenvalue weighted by molar-refractivity contribution is 1.15. The van der Waals surface area contributed by atoms with Gasteiger partial charge in [0, 0.05) is 89.8 Å². The Balaban J connectivity index is 0.000000104. The Morgan fingerprint density at radius 2 is 0.479 bits per heavy atom. The molecule has 0 aliphatic carbocycles. The Kier molecular flexibility index (Phi) is 27.0. The van der Waals surface area contributed by atoms with Gasteiger partial charge in [0.2, 0.25) is 5.95 Å². The number of para-hydroxylation sites is 7. The summed E-state index contributed by atoms with van der Waals surface area (Å²) in [5.74, 6) is 0.598. The van der Waals surface area contributed by atoms with Crippen molar-refractivity contribution in [1.29, 1.82) is 0 Å². The number of benzene rings is 22. The zero-order valence-electron chi connectivity index (χ0n) is 79.7. The molecule has 4 aromatic heterocycles. The summed E-state index contributed by atoms with van der Waals surface area (Å²) in [6.07, 6.45) is 6.42. The molecule has 0 amide bonds. The molecule has 0 saturated heterocycles. The van der Waals surface area contributed by atoms with Crippen LogP contribution in [0.1, 0.15) is 33.4 Å². The van der Waals surface area contributed by atoms with Crippen LogP contribution >= 0.6 is 0 Å². The average molecular weight is 1850 g/mol. The molecule has 7 heteroatoms. The molecule has 0 saturated carbocycles. The summed E-state index contributed by atoms with van der Waals surface area (Å²) >= 11 is 0. The highest BCUT2D eigenvalue weighted by Gasteiger charge is 2.20. The van der Waals surface area contributed by atoms with Crippen LogP contribution < -0.4 is 10.6 Å². The number of rotatable bonds is 19. The molecule has 0 unspecified atom stereocenters. The summed E-state index contributed by atoms with van der Waals surface area (Å²) in [6, 6.07) is 200. The van der Waals surface area contributed by atoms with Gasteiger partial charge in [0.05, 0.1) is 33.1 Å². The molecule has 2 N–H and O–H groups in total. The molecule has 0 bridgehead atoms. The smallest absolute Gasteiger partial charge is 0.227 e. The molecular weight excluding hydrogens is 1740 g/mol. The van der Waals surface area contributed by atoms with E-state index >= 15 is 0 Å². The number of hydrogen-bond acceptors (Lipinski definition) is 4. The summed E-state index contributed by atoms with van der Waals surface area (Å²) in [5.41, 5.74) is 36.8. The van der Waals surface area contributed by atoms with Gasteiger partial charge in [0.15, 0.2) is 0 Å². The molecule has 686 valence electrons. The maximum atomic E-state index is 4.43. The standard InChI is InChI=1S/C37H26N2.C31H23N.C25H20.C24H19N.C20H15N3/c1-3-11-28(12-4-1)38-34-17-9-7-15-30(34)32-21-19-26(24-36(32)38)23-27-20-22-33-31-16-8-10-18-35(31)39(37(33)25-27)29-13-5-2-6-14-29;1-3-9-25(10-4-1)26-18-15-23(16-19-26)21-24-17-20-29-28-13-7-8-14-30(28)32(31(29)22-24)27-11-5-2-6-12-27;1-4-10-20(11-5-1)16-21-17-24(22-12-6-2-7-13-22)19-25(18-21)23-14-8-3-9-15-23;1-4-10-19(11-5-1)23-17-16-22(25-21-14-8-3-9-15-21)18-24(23)20-12-6-2-7-13-20;1-2-7-15(8-3-1)17-13-21-20(22-14-17)23-19-12-6-10-16-9-4-5-11-18(16)19/h1-22,24-25H,23H2;1-20,22H,21H2;1-15,17-19H,16H2;1-18,25H;1-14H,(H,21,22,23). The molecule has 0 atom stereocenters. The Morgan fingerprint density at radius 1 is 0.167 bits per heavy atom. The minimum atomic E-state index is 0.598. The molecule has 26 aromatic rings. The highest BCUT2D eigenvalue weighted by Crippen LogP contribution is 2.41. The van der Waals surface area contributed by atoms with Gasteiger partial charge in [-0.1, -0.05) is 455 Å². The molecule has 7 nitrogen and oxygen atoms in total. The van der Waals surface area contributed by atoms with Gasteiger partial charge in [-0.2, -0.15) is 0 Å². The quantitative estimate of drug-likeness (QED) is 0.0847. The van der Waals surface area contributed by atoms with Crippen LogP contribution in [0.15, 0.2) is 577 Å². The van der Waals surface area contributed by atoms with Crippen molar-refractivity contribution in [2.24, 2.45) is 0 Å². The van der Waals surface area contributed by atoms with Crippen molar-refractivity contribution in [2.75, 3.05) is 10.6 Å². The van der Waals surface area contributed by atoms with Crippen LogP contribution in [0.4, 0.5) is 23.0 Å². The molecule has 0 aliphatic heterocycles. The van der Waals surface area contributed by atoms with Gasteiger partial charge in [-0.25, -0.2) is 9.97 Å². The van der Waals surface area contributed by atoms with E-state index in [1.165, 1.54) is 177 Å². The Hall–Kier alpha value is -18.8. The fraction of sp³-hybridized carbons (Fsp3) is 0.0219. The zero-order chi connectivity index (χ0) is 96.4. The maximum Gasteiger partial charge on any atom is 0.227 e. The van der Waals surface area contributed by atoms with E-state index in [2.05, 4.69) is 538 Å². The van der Waals surface area contributed by atoms with Crippen molar-refractivity contribution >= 4 is 99.2 Å². The summed E-state index contributed by atoms with van der Waals surface area (Å²) in [7, 11) is 0. The van der Waals surface area contributed by atoms with E-state index in [1.54, 1.807) is 0 Å². The van der Waals surface area contributed by atoms with Crippen LogP contribution in [-0.4, -0.2) is 23.7 Å². The average Bonchev–Trinajstić information content (AvgIpc) is 1.60. The first-order chi connectivity index (χ1) is 71.4. The molecule has 4 heterocycles. The number of nitrogens with zero attached hydrogens (tertiary/aromatic N) is 5. The van der Waals surface area contributed by atoms with Gasteiger partial charge >= 0.3 is 0 Å². The van der Waals surface area contributed by atoms with Crippen molar-refractivity contribution in [3.63, 3.8) is 0 Å². The minimum absolute atomic E-state index is 0.598. The van der Waals surface area contributed by atoms with Gasteiger partial charge in [-0.05, 0) is 228 Å². The third-order valence-electron chi connectivity index (χ3n) is 26.6. The fourth-order valence-corrected chi connectivity index (χ4v) is 19.7. The SMILES string of the molecule is c1ccc(-c2ccc(Cc3ccc4c5ccccc5n(-c5ccccc5)c4c3)cc2)cc1.c1ccc(-c2cnc(Nc3cccc4ccccc34)nc2)cc1.c1ccc(-n2c3ccccc3c3ccc(Cc4ccc5c6ccccc6n(-c6ccccc6)c5c4)cc32)cc1.c1ccc(Cc2cc(-c3ccccc3)cc(-c3ccccc3)c2)cc1.c1ccc(Nc2ccc(-c3ccccc3)c(-c3ccccc3)c2)cc1. The Morgan fingerprint density at radius 3 is 0.917 bits per heavy atom. The van der Waals surface area contributed by atoms with Crippen molar-refractivity contribution < 1.29 is 0 Å². The van der Waals surface area contributed by atoms with E-state index in [1.807, 2.05) is 73.1 Å². The van der Waals surface area contributed by atoms with Gasteiger partial charge in [0.25, 0.3) is 0 Å². The van der Waals surface area contributed by atoms with Crippen LogP contribution in [0, 0.1) is 0 Å². The van der Waals surface area contributed by atoms with Gasteiger partial charge in [0.1, 0.15) is 0 Å². The largest absolute Gasteiger partial charge is 0.356 e. The number of aromatic nitrogens is 5. The molecular formula is C137H103N7. The Labute approximate surface area is 840 Å². The predicted molar refractivity (Wildman–Crippen MR) is 608 cm³/mol. The first kappa shape index (κ1) is 90.3. The fourth-order valence-electron chi connectivity index (χ4n) is 19.7. The normalized spacial score (nSPS) is 11.0. The lowest BCUT2D eigenvalue weighted by Gasteiger charge is -2.14. The lowest BCUT2D eigenvalue weighted by atomic mass is 9.93. The van der Waals surface area contributed by atoms with E-state index in [-0.39, 0.29) is 0 Å². The number of nitrogens with one attached hydrogen (secondary N) is 2. The first-order valence-corrected chi connectivity index (χ1v) is 49.3. The van der Waals surface area contributed by atoms with Crippen LogP contribution in [-0.2, 0) is 19.3 Å². The summed E-state index contributed by atoms with van der Waals surface area (Å²) < 4.78 is 7.17. The second-order valence-electron chi connectivity index (χ2n) is 36.1. The molecule has 0 aliphatic rings. The second-order valence-corrected chi connectivity index (χ2v) is 36.1. The van der Waals surface area contributed by atoms with E-state index in [4.69, 9.17) is 0 Å². The topological polar surface area (TPSA) is 64.6 Å². The van der Waals surface area contributed by atoms with Crippen LogP contribution in [0.25, 0.3) is 160 Å². The second kappa shape index (κ2) is 43.1. The van der Waals surface area contributed by atoms with Crippen LogP contribution in [0.2, 0.25) is 0 Å². The van der Waals surface area contributed by atoms with Crippen molar-refractivity contribution in [1.82, 2.24) is 23.7 Å².